The molecule has 0 heterocycles. The summed E-state index contributed by atoms with van der Waals surface area (Å²) < 4.78 is 5.19. The van der Waals surface area contributed by atoms with Crippen molar-refractivity contribution >= 4 is 18.3 Å². The molecule has 2 nitrogen and oxygen atoms in total. The lowest BCUT2D eigenvalue weighted by Crippen LogP contribution is -1.92. The van der Waals surface area contributed by atoms with Crippen molar-refractivity contribution in [2.24, 2.45) is 0 Å². The average molecular weight is 231 g/mol. The van der Waals surface area contributed by atoms with E-state index in [1.807, 2.05) is 42.5 Å². The van der Waals surface area contributed by atoms with Crippen LogP contribution in [0.15, 0.2) is 47.4 Å². The molecule has 2 rings (SSSR count). The summed E-state index contributed by atoms with van der Waals surface area (Å²) in [6.45, 7) is 0. The Hall–Kier alpha value is -1.61. The van der Waals surface area contributed by atoms with Crippen molar-refractivity contribution in [1.29, 1.82) is 0 Å². The number of nitrogens with two attached hydrogens (primary N) is 1. The Balaban J connectivity index is 2.54. The highest BCUT2D eigenvalue weighted by Gasteiger charge is 2.05. The Morgan fingerprint density at radius 1 is 1.12 bits per heavy atom. The maximum absolute atomic E-state index is 5.99. The number of para-hydroxylation sites is 1. The molecule has 0 bridgehead atoms. The van der Waals surface area contributed by atoms with Crippen LogP contribution in [0.3, 0.4) is 0 Å². The molecule has 0 aliphatic heterocycles. The Morgan fingerprint density at radius 3 is 2.62 bits per heavy atom. The highest BCUT2D eigenvalue weighted by molar-refractivity contribution is 7.80. The van der Waals surface area contributed by atoms with Crippen LogP contribution in [0.2, 0.25) is 0 Å². The van der Waals surface area contributed by atoms with E-state index in [1.165, 1.54) is 0 Å². The molecule has 2 N–H and O–H groups in total. The quantitative estimate of drug-likeness (QED) is 0.615. The summed E-state index contributed by atoms with van der Waals surface area (Å²) in [5, 5.41) is 0. The van der Waals surface area contributed by atoms with Gasteiger partial charge in [0.25, 0.3) is 0 Å². The maximum atomic E-state index is 5.99. The van der Waals surface area contributed by atoms with Gasteiger partial charge in [0, 0.05) is 10.5 Å². The standard InChI is InChI=1S/C13H13NOS/c1-15-10-5-2-4-9(8-10)11-6-3-7-12(16)13(11)14/h2-8,16H,14H2,1H3. The number of thiol groups is 1. The van der Waals surface area contributed by atoms with Crippen LogP contribution < -0.4 is 10.5 Å². The monoisotopic (exact) mass is 231 g/mol. The summed E-state index contributed by atoms with van der Waals surface area (Å²) in [5.74, 6) is 0.821. The summed E-state index contributed by atoms with van der Waals surface area (Å²) in [6, 6.07) is 13.6. The Bertz CT molecular complexity index is 511. The number of benzene rings is 2. The number of hydrogen-bond donors (Lipinski definition) is 2. The van der Waals surface area contributed by atoms with Crippen molar-refractivity contribution < 1.29 is 4.74 Å². The number of rotatable bonds is 2. The van der Waals surface area contributed by atoms with E-state index in [1.54, 1.807) is 7.11 Å². The van der Waals surface area contributed by atoms with Gasteiger partial charge in [-0.25, -0.2) is 0 Å². The van der Waals surface area contributed by atoms with Gasteiger partial charge in [0.2, 0.25) is 0 Å². The van der Waals surface area contributed by atoms with Crippen LogP contribution >= 0.6 is 12.6 Å². The van der Waals surface area contributed by atoms with Crippen LogP contribution in [-0.4, -0.2) is 7.11 Å². The number of hydrogen-bond acceptors (Lipinski definition) is 3. The molecule has 16 heavy (non-hydrogen) atoms. The fourth-order valence-electron chi connectivity index (χ4n) is 1.60. The van der Waals surface area contributed by atoms with Gasteiger partial charge in [0.05, 0.1) is 12.8 Å². The molecule has 0 radical (unpaired) electrons. The van der Waals surface area contributed by atoms with E-state index in [0.717, 1.165) is 21.8 Å². The summed E-state index contributed by atoms with van der Waals surface area (Å²) >= 11 is 4.31. The van der Waals surface area contributed by atoms with Gasteiger partial charge >= 0.3 is 0 Å². The zero-order chi connectivity index (χ0) is 11.5. The summed E-state index contributed by atoms with van der Waals surface area (Å²) in [6.07, 6.45) is 0. The molecule has 0 aliphatic rings. The molecule has 0 spiro atoms. The first kappa shape index (κ1) is 10.9. The second-order valence-corrected chi connectivity index (χ2v) is 3.95. The SMILES string of the molecule is COc1cccc(-c2cccc(S)c2N)c1. The fraction of sp³-hybridized carbons (Fsp3) is 0.0769. The second kappa shape index (κ2) is 4.49. The van der Waals surface area contributed by atoms with E-state index in [-0.39, 0.29) is 0 Å². The molecule has 2 aromatic carbocycles. The molecule has 0 unspecified atom stereocenters. The van der Waals surface area contributed by atoms with Crippen molar-refractivity contribution in [3.05, 3.63) is 42.5 Å². The highest BCUT2D eigenvalue weighted by atomic mass is 32.1. The van der Waals surface area contributed by atoms with Gasteiger partial charge in [-0.2, -0.15) is 0 Å². The molecule has 2 aromatic rings. The van der Waals surface area contributed by atoms with Crippen LogP contribution in [0, 0.1) is 0 Å². The third kappa shape index (κ3) is 1.99. The van der Waals surface area contributed by atoms with Crippen molar-refractivity contribution in [1.82, 2.24) is 0 Å². The van der Waals surface area contributed by atoms with Gasteiger partial charge in [-0.15, -0.1) is 12.6 Å². The van der Waals surface area contributed by atoms with Crippen LogP contribution in [0.25, 0.3) is 11.1 Å². The highest BCUT2D eigenvalue weighted by Crippen LogP contribution is 2.31. The molecular formula is C13H13NOS. The number of anilines is 1. The predicted molar refractivity (Wildman–Crippen MR) is 70.1 cm³/mol. The average Bonchev–Trinajstić information content (AvgIpc) is 2.33. The largest absolute Gasteiger partial charge is 0.497 e. The van der Waals surface area contributed by atoms with Gasteiger partial charge in [-0.3, -0.25) is 0 Å². The molecular weight excluding hydrogens is 218 g/mol. The van der Waals surface area contributed by atoms with Gasteiger partial charge in [0.1, 0.15) is 5.75 Å². The maximum Gasteiger partial charge on any atom is 0.119 e. The zero-order valence-corrected chi connectivity index (χ0v) is 9.87. The zero-order valence-electron chi connectivity index (χ0n) is 8.97. The van der Waals surface area contributed by atoms with Crippen LogP contribution in [0.1, 0.15) is 0 Å². The van der Waals surface area contributed by atoms with Gasteiger partial charge < -0.3 is 10.5 Å². The van der Waals surface area contributed by atoms with Crippen molar-refractivity contribution in [2.75, 3.05) is 12.8 Å². The van der Waals surface area contributed by atoms with Gasteiger partial charge in [0.15, 0.2) is 0 Å². The Labute approximate surface area is 100 Å². The molecule has 0 amide bonds. The summed E-state index contributed by atoms with van der Waals surface area (Å²) in [4.78, 5) is 0.792. The normalized spacial score (nSPS) is 10.1. The van der Waals surface area contributed by atoms with Crippen molar-refractivity contribution in [3.8, 4) is 16.9 Å². The van der Waals surface area contributed by atoms with Crippen LogP contribution in [0.5, 0.6) is 5.75 Å². The topological polar surface area (TPSA) is 35.2 Å². The molecule has 0 aliphatic carbocycles. The van der Waals surface area contributed by atoms with Gasteiger partial charge in [-0.05, 0) is 23.8 Å². The fourth-order valence-corrected chi connectivity index (χ4v) is 1.80. The lowest BCUT2D eigenvalue weighted by Gasteiger charge is -2.09. The van der Waals surface area contributed by atoms with E-state index in [0.29, 0.717) is 5.69 Å². The Morgan fingerprint density at radius 2 is 1.88 bits per heavy atom. The molecule has 82 valence electrons. The summed E-state index contributed by atoms with van der Waals surface area (Å²) in [5.41, 5.74) is 8.70. The molecule has 0 saturated carbocycles. The van der Waals surface area contributed by atoms with E-state index in [4.69, 9.17) is 10.5 Å². The molecule has 3 heteroatoms. The van der Waals surface area contributed by atoms with E-state index in [9.17, 15) is 0 Å². The minimum atomic E-state index is 0.694. The number of ether oxygens (including phenoxy) is 1. The summed E-state index contributed by atoms with van der Waals surface area (Å²) in [7, 11) is 1.65. The van der Waals surface area contributed by atoms with Crippen LogP contribution in [-0.2, 0) is 0 Å². The van der Waals surface area contributed by atoms with Crippen LogP contribution in [0.4, 0.5) is 5.69 Å². The van der Waals surface area contributed by atoms with Crippen molar-refractivity contribution in [3.63, 3.8) is 0 Å². The lowest BCUT2D eigenvalue weighted by molar-refractivity contribution is 0.415. The number of nitrogen functional groups attached to an aromatic ring is 1. The van der Waals surface area contributed by atoms with E-state index in [2.05, 4.69) is 12.6 Å². The first-order valence-electron chi connectivity index (χ1n) is 4.94. The van der Waals surface area contributed by atoms with E-state index >= 15 is 0 Å². The minimum Gasteiger partial charge on any atom is -0.497 e. The Kier molecular flexibility index (Phi) is 3.06. The first-order valence-corrected chi connectivity index (χ1v) is 5.39. The molecule has 0 aromatic heterocycles. The smallest absolute Gasteiger partial charge is 0.119 e. The molecule has 0 atom stereocenters. The van der Waals surface area contributed by atoms with Crippen molar-refractivity contribution in [2.45, 2.75) is 4.90 Å². The minimum absolute atomic E-state index is 0.694. The second-order valence-electron chi connectivity index (χ2n) is 3.47. The molecule has 0 saturated heterocycles. The predicted octanol–water partition coefficient (Wildman–Crippen LogP) is 3.23. The lowest BCUT2D eigenvalue weighted by atomic mass is 10.0. The third-order valence-electron chi connectivity index (χ3n) is 2.46. The number of methoxy groups -OCH3 is 1. The van der Waals surface area contributed by atoms with Gasteiger partial charge in [-0.1, -0.05) is 24.3 Å². The van der Waals surface area contributed by atoms with E-state index < -0.39 is 0 Å². The molecule has 0 fully saturated rings. The first-order chi connectivity index (χ1) is 7.72. The third-order valence-corrected chi connectivity index (χ3v) is 2.85.